The van der Waals surface area contributed by atoms with Crippen LogP contribution < -0.4 is 9.67 Å². The minimum absolute atomic E-state index is 0.0438. The number of aromatic nitrogens is 2. The monoisotopic (exact) mass is 461 g/mol. The third-order valence-corrected chi connectivity index (χ3v) is 5.97. The molecule has 0 saturated heterocycles. The first-order chi connectivity index (χ1) is 11.7. The van der Waals surface area contributed by atoms with E-state index in [-0.39, 0.29) is 21.7 Å². The zero-order valence-corrected chi connectivity index (χ0v) is 16.5. The summed E-state index contributed by atoms with van der Waals surface area (Å²) in [6, 6.07) is 13.1. The first-order valence-electron chi connectivity index (χ1n) is 6.92. The summed E-state index contributed by atoms with van der Waals surface area (Å²) < 4.78 is 29.0. The van der Waals surface area contributed by atoms with Crippen molar-refractivity contribution in [2.24, 2.45) is 0 Å². The van der Waals surface area contributed by atoms with Crippen LogP contribution in [0.3, 0.4) is 0 Å². The van der Waals surface area contributed by atoms with E-state index in [0.29, 0.717) is 10.9 Å². The van der Waals surface area contributed by atoms with E-state index in [2.05, 4.69) is 15.3 Å². The van der Waals surface area contributed by atoms with Gasteiger partial charge < -0.3 is 0 Å². The van der Waals surface area contributed by atoms with Gasteiger partial charge >= 0.3 is 161 Å². The third kappa shape index (κ3) is 4.11. The van der Waals surface area contributed by atoms with Gasteiger partial charge in [0.1, 0.15) is 0 Å². The SMILES string of the molecule is O=[As](O)(O)c1ccccc1Nc1nc(C(Cl)(Cl)Cl)nc2ccccc12. The number of halogens is 3. The molecule has 10 heteroatoms. The Labute approximate surface area is 160 Å². The van der Waals surface area contributed by atoms with Crippen LogP contribution in [0.5, 0.6) is 0 Å². The Morgan fingerprint density at radius 2 is 1.60 bits per heavy atom. The van der Waals surface area contributed by atoms with Gasteiger partial charge in [-0.1, -0.05) is 0 Å². The molecule has 0 atom stereocenters. The van der Waals surface area contributed by atoms with Crippen molar-refractivity contribution in [1.29, 1.82) is 0 Å². The summed E-state index contributed by atoms with van der Waals surface area (Å²) in [5, 5.41) is 3.55. The van der Waals surface area contributed by atoms with Crippen LogP contribution >= 0.6 is 34.8 Å². The van der Waals surface area contributed by atoms with Crippen molar-refractivity contribution in [3.8, 4) is 0 Å². The Kier molecular flexibility index (Phi) is 5.04. The van der Waals surface area contributed by atoms with Gasteiger partial charge in [0.25, 0.3) is 0 Å². The van der Waals surface area contributed by atoms with E-state index in [9.17, 15) is 11.9 Å². The number of hydrogen-bond donors (Lipinski definition) is 3. The minimum atomic E-state index is -5.14. The van der Waals surface area contributed by atoms with E-state index < -0.39 is 18.0 Å². The second-order valence-corrected chi connectivity index (χ2v) is 10.7. The summed E-state index contributed by atoms with van der Waals surface area (Å²) >= 11 is 12.5. The van der Waals surface area contributed by atoms with E-state index in [0.717, 1.165) is 0 Å². The van der Waals surface area contributed by atoms with Crippen molar-refractivity contribution in [2.75, 3.05) is 5.32 Å². The molecule has 0 aliphatic heterocycles. The van der Waals surface area contributed by atoms with Crippen molar-refractivity contribution < 1.29 is 11.9 Å². The van der Waals surface area contributed by atoms with Crippen LogP contribution in [0.2, 0.25) is 0 Å². The molecule has 0 aliphatic carbocycles. The number of rotatable bonds is 3. The van der Waals surface area contributed by atoms with E-state index >= 15 is 0 Å². The van der Waals surface area contributed by atoms with Gasteiger partial charge in [-0.3, -0.25) is 0 Å². The van der Waals surface area contributed by atoms with Crippen molar-refractivity contribution in [1.82, 2.24) is 9.97 Å². The summed E-state index contributed by atoms with van der Waals surface area (Å²) in [5.74, 6) is 0.237. The number of anilines is 2. The molecule has 25 heavy (non-hydrogen) atoms. The molecule has 0 fully saturated rings. The zero-order valence-electron chi connectivity index (χ0n) is 12.4. The van der Waals surface area contributed by atoms with Crippen LogP contribution in [0, 0.1) is 0 Å². The summed E-state index contributed by atoms with van der Waals surface area (Å²) in [7, 11) is 0. The van der Waals surface area contributed by atoms with Crippen LogP contribution in [0.25, 0.3) is 10.9 Å². The van der Waals surface area contributed by atoms with Crippen molar-refractivity contribution in [2.45, 2.75) is 3.79 Å². The molecule has 0 spiro atoms. The molecule has 0 saturated carbocycles. The summed E-state index contributed by atoms with van der Waals surface area (Å²) in [6.45, 7) is 0. The first kappa shape index (κ1) is 18.5. The molecule has 0 amide bonds. The zero-order chi connectivity index (χ0) is 18.2. The summed E-state index contributed by atoms with van der Waals surface area (Å²) in [4.78, 5) is 8.45. The standard InChI is InChI=1S/C15H11AsCl3N3O3/c17-15(18,19)14-21-11-7-3-1-5-9(11)13(22-14)20-12-8-4-2-6-10(12)16(23,24)25/h1-8H,(H,20,21,22)(H2,23,24,25). The van der Waals surface area contributed by atoms with E-state index in [1.54, 1.807) is 42.5 Å². The fourth-order valence-corrected chi connectivity index (χ4v) is 4.03. The second-order valence-electron chi connectivity index (χ2n) is 5.10. The number of hydrogen-bond acceptors (Lipinski definition) is 4. The molecule has 0 aliphatic rings. The Morgan fingerprint density at radius 3 is 2.28 bits per heavy atom. The average molecular weight is 463 g/mol. The predicted octanol–water partition coefficient (Wildman–Crippen LogP) is 2.76. The number of fused-ring (bicyclic) bond motifs is 1. The van der Waals surface area contributed by atoms with Crippen molar-refractivity contribution >= 4 is 75.7 Å². The van der Waals surface area contributed by atoms with Gasteiger partial charge in [-0.2, -0.15) is 0 Å². The van der Waals surface area contributed by atoms with Crippen LogP contribution in [0.4, 0.5) is 11.5 Å². The van der Waals surface area contributed by atoms with Gasteiger partial charge in [0.05, 0.1) is 0 Å². The van der Waals surface area contributed by atoms with Gasteiger partial charge in [-0.15, -0.1) is 0 Å². The molecule has 130 valence electrons. The Balaban J connectivity index is 2.19. The van der Waals surface area contributed by atoms with Gasteiger partial charge in [0, 0.05) is 0 Å². The maximum absolute atomic E-state index is 11.8. The van der Waals surface area contributed by atoms with Gasteiger partial charge in [-0.25, -0.2) is 0 Å². The summed E-state index contributed by atoms with van der Waals surface area (Å²) in [6.07, 6.45) is 0. The quantitative estimate of drug-likeness (QED) is 0.409. The molecule has 2 aromatic carbocycles. The number of para-hydroxylation sites is 2. The number of nitrogens with zero attached hydrogens (tertiary/aromatic N) is 2. The van der Waals surface area contributed by atoms with Crippen LogP contribution in [-0.4, -0.2) is 32.3 Å². The molecular weight excluding hydrogens is 451 g/mol. The molecule has 0 radical (unpaired) electrons. The Morgan fingerprint density at radius 1 is 0.960 bits per heavy atom. The van der Waals surface area contributed by atoms with Gasteiger partial charge in [0.15, 0.2) is 0 Å². The average Bonchev–Trinajstić information content (AvgIpc) is 2.53. The second kappa shape index (κ2) is 6.80. The van der Waals surface area contributed by atoms with Crippen LogP contribution in [0.1, 0.15) is 5.82 Å². The molecule has 0 unspecified atom stereocenters. The Bertz CT molecular complexity index is 988. The van der Waals surface area contributed by atoms with E-state index in [4.69, 9.17) is 34.8 Å². The van der Waals surface area contributed by atoms with E-state index in [1.165, 1.54) is 6.07 Å². The normalized spacial score (nSPS) is 12.4. The number of benzene rings is 2. The topological polar surface area (TPSA) is 95.3 Å². The molecule has 3 aromatic rings. The van der Waals surface area contributed by atoms with Gasteiger partial charge in [0.2, 0.25) is 0 Å². The van der Waals surface area contributed by atoms with Crippen LogP contribution in [0.15, 0.2) is 48.5 Å². The first-order valence-corrected chi connectivity index (χ1v) is 11.4. The number of alkyl halides is 3. The molecule has 6 nitrogen and oxygen atoms in total. The molecule has 1 heterocycles. The van der Waals surface area contributed by atoms with Crippen molar-refractivity contribution in [3.05, 3.63) is 54.4 Å². The molecule has 0 bridgehead atoms. The fraction of sp³-hybridized carbons (Fsp3) is 0.0667. The van der Waals surface area contributed by atoms with E-state index in [1.807, 2.05) is 0 Å². The predicted molar refractivity (Wildman–Crippen MR) is 99.0 cm³/mol. The summed E-state index contributed by atoms with van der Waals surface area (Å²) in [5.41, 5.74) is 0.759. The maximum atomic E-state index is 11.8. The third-order valence-electron chi connectivity index (χ3n) is 3.33. The van der Waals surface area contributed by atoms with Crippen molar-refractivity contribution in [3.63, 3.8) is 0 Å². The molecular formula is C15H11AsCl3N3O3. The fourth-order valence-electron chi connectivity index (χ4n) is 2.26. The number of nitrogens with one attached hydrogen (secondary N) is 1. The molecule has 1 aromatic heterocycles. The molecule has 3 rings (SSSR count). The van der Waals surface area contributed by atoms with Crippen LogP contribution in [-0.2, 0) is 7.53 Å². The van der Waals surface area contributed by atoms with Gasteiger partial charge in [-0.05, 0) is 0 Å². The Hall–Kier alpha value is -1.27. The molecule has 3 N–H and O–H groups in total.